The van der Waals surface area contributed by atoms with Crippen LogP contribution in [-0.4, -0.2) is 16.3 Å². The Labute approximate surface area is 214 Å². The number of benzene rings is 1. The molecule has 4 aliphatic carbocycles. The summed E-state index contributed by atoms with van der Waals surface area (Å²) in [7, 11) is 0. The lowest BCUT2D eigenvalue weighted by atomic mass is 9.44. The van der Waals surface area contributed by atoms with Crippen LogP contribution in [0.2, 0.25) is 0 Å². The highest BCUT2D eigenvalue weighted by molar-refractivity contribution is 5.37. The second-order valence-corrected chi connectivity index (χ2v) is 13.9. The van der Waals surface area contributed by atoms with Gasteiger partial charge >= 0.3 is 0 Å². The molecule has 1 aromatic carbocycles. The van der Waals surface area contributed by atoms with Crippen LogP contribution in [0.5, 0.6) is 5.75 Å². The minimum atomic E-state index is -0.249. The molecule has 0 bridgehead atoms. The van der Waals surface area contributed by atoms with E-state index in [1.807, 2.05) is 12.1 Å². The molecule has 2 heteroatoms. The van der Waals surface area contributed by atoms with Crippen molar-refractivity contribution in [2.45, 2.75) is 111 Å². The zero-order chi connectivity index (χ0) is 25.0. The predicted octanol–water partition coefficient (Wildman–Crippen LogP) is 8.49. The summed E-state index contributed by atoms with van der Waals surface area (Å²) in [5.74, 6) is 5.57. The molecule has 0 aromatic heterocycles. The van der Waals surface area contributed by atoms with Crippen LogP contribution in [0.4, 0.5) is 0 Å². The zero-order valence-electron chi connectivity index (χ0n) is 23.0. The Hall–Kier alpha value is -1.28. The fourth-order valence-electron chi connectivity index (χ4n) is 9.95. The predicted molar refractivity (Wildman–Crippen MR) is 145 cm³/mol. The van der Waals surface area contributed by atoms with Crippen molar-refractivity contribution >= 4 is 0 Å². The van der Waals surface area contributed by atoms with Crippen molar-refractivity contribution in [2.75, 3.05) is 0 Å². The number of phenols is 1. The molecule has 0 radical (unpaired) electrons. The summed E-state index contributed by atoms with van der Waals surface area (Å²) in [6.45, 7) is 12.5. The topological polar surface area (TPSA) is 40.5 Å². The minimum Gasteiger partial charge on any atom is -0.508 e. The molecule has 1 aromatic rings. The number of rotatable bonds is 6. The van der Waals surface area contributed by atoms with Crippen LogP contribution in [0.25, 0.3) is 0 Å². The van der Waals surface area contributed by atoms with Crippen LogP contribution in [0.1, 0.15) is 110 Å². The Balaban J connectivity index is 1.41. The number of aliphatic hydroxyl groups is 1. The van der Waals surface area contributed by atoms with Crippen molar-refractivity contribution in [2.24, 2.45) is 46.3 Å². The van der Waals surface area contributed by atoms with Gasteiger partial charge in [-0.05, 0) is 115 Å². The zero-order valence-corrected chi connectivity index (χ0v) is 23.0. The average Bonchev–Trinajstić information content (AvgIpc) is 3.17. The normalized spacial score (nSPS) is 41.6. The second kappa shape index (κ2) is 9.55. The van der Waals surface area contributed by atoms with Gasteiger partial charge < -0.3 is 10.2 Å². The van der Waals surface area contributed by atoms with E-state index in [0.29, 0.717) is 23.0 Å². The van der Waals surface area contributed by atoms with Gasteiger partial charge in [0.15, 0.2) is 0 Å². The summed E-state index contributed by atoms with van der Waals surface area (Å²) in [4.78, 5) is 0. The Bertz CT molecular complexity index is 916. The first-order valence-electron chi connectivity index (χ1n) is 14.8. The van der Waals surface area contributed by atoms with Crippen LogP contribution in [0.15, 0.2) is 35.9 Å². The van der Waals surface area contributed by atoms with Gasteiger partial charge in [0.2, 0.25) is 0 Å². The lowest BCUT2D eigenvalue weighted by Crippen LogP contribution is -2.53. The highest BCUT2D eigenvalue weighted by Crippen LogP contribution is 2.69. The van der Waals surface area contributed by atoms with E-state index >= 15 is 0 Å². The fourth-order valence-corrected chi connectivity index (χ4v) is 9.95. The summed E-state index contributed by atoms with van der Waals surface area (Å²) in [6.07, 6.45) is 15.0. The molecule has 0 spiro atoms. The van der Waals surface area contributed by atoms with Crippen molar-refractivity contribution in [3.8, 4) is 5.75 Å². The second-order valence-electron chi connectivity index (χ2n) is 13.9. The van der Waals surface area contributed by atoms with Crippen LogP contribution in [0.3, 0.4) is 0 Å². The Kier molecular flexibility index (Phi) is 6.92. The van der Waals surface area contributed by atoms with E-state index in [2.05, 4.69) is 52.8 Å². The largest absolute Gasteiger partial charge is 0.508 e. The molecule has 0 heterocycles. The quantitative estimate of drug-likeness (QED) is 0.402. The van der Waals surface area contributed by atoms with Gasteiger partial charge in [-0.2, -0.15) is 0 Å². The van der Waals surface area contributed by atoms with Gasteiger partial charge in [-0.3, -0.25) is 0 Å². The summed E-state index contributed by atoms with van der Waals surface area (Å²) in [5, 5.41) is 20.8. The minimum absolute atomic E-state index is 0.126. The Morgan fingerprint density at radius 1 is 0.971 bits per heavy atom. The number of hydrogen-bond donors (Lipinski definition) is 2. The number of hydrogen-bond acceptors (Lipinski definition) is 2. The van der Waals surface area contributed by atoms with Crippen molar-refractivity contribution in [3.63, 3.8) is 0 Å². The summed E-state index contributed by atoms with van der Waals surface area (Å²) in [5.41, 5.74) is 3.45. The van der Waals surface area contributed by atoms with Crippen molar-refractivity contribution in [3.05, 3.63) is 41.5 Å². The van der Waals surface area contributed by atoms with Crippen molar-refractivity contribution < 1.29 is 10.2 Å². The molecule has 2 N–H and O–H groups in total. The molecular formula is C33H50O2. The lowest BCUT2D eigenvalue weighted by molar-refractivity contribution is -0.0652. The Morgan fingerprint density at radius 2 is 1.71 bits per heavy atom. The van der Waals surface area contributed by atoms with E-state index in [4.69, 9.17) is 0 Å². The van der Waals surface area contributed by atoms with E-state index in [9.17, 15) is 10.2 Å². The molecule has 2 nitrogen and oxygen atoms in total. The Morgan fingerprint density at radius 3 is 2.43 bits per heavy atom. The lowest BCUT2D eigenvalue weighted by Gasteiger charge is -2.60. The monoisotopic (exact) mass is 478 g/mol. The molecule has 3 saturated carbocycles. The van der Waals surface area contributed by atoms with Crippen LogP contribution in [-0.2, 0) is 0 Å². The van der Waals surface area contributed by atoms with Crippen LogP contribution < -0.4 is 0 Å². The molecule has 4 aliphatic rings. The molecule has 194 valence electrons. The van der Waals surface area contributed by atoms with Crippen LogP contribution in [0, 0.1) is 46.3 Å². The number of aromatic hydroxyl groups is 1. The van der Waals surface area contributed by atoms with Crippen molar-refractivity contribution in [1.29, 1.82) is 0 Å². The third-order valence-corrected chi connectivity index (χ3v) is 11.7. The van der Waals surface area contributed by atoms with E-state index < -0.39 is 0 Å². The number of aliphatic hydroxyl groups excluding tert-OH is 1. The van der Waals surface area contributed by atoms with Gasteiger partial charge in [-0.15, -0.1) is 0 Å². The molecule has 1 unspecified atom stereocenters. The van der Waals surface area contributed by atoms with E-state index in [1.54, 1.807) is 0 Å². The van der Waals surface area contributed by atoms with Crippen LogP contribution >= 0.6 is 0 Å². The van der Waals surface area contributed by atoms with E-state index in [0.717, 1.165) is 42.4 Å². The molecule has 9 atom stereocenters. The molecule has 35 heavy (non-hydrogen) atoms. The summed E-state index contributed by atoms with van der Waals surface area (Å²) >= 11 is 0. The van der Waals surface area contributed by atoms with Crippen molar-refractivity contribution in [1.82, 2.24) is 0 Å². The van der Waals surface area contributed by atoms with Gasteiger partial charge in [0.05, 0.1) is 6.10 Å². The first kappa shape index (κ1) is 25.4. The molecule has 5 rings (SSSR count). The van der Waals surface area contributed by atoms with Gasteiger partial charge in [0, 0.05) is 0 Å². The number of allylic oxidation sites excluding steroid dienone is 1. The standard InChI is InChI=1S/C33H50O2/c1-21(2)7-6-8-22(3)28-15-16-29-27-14-11-24-19-26(35)20-31(23-9-12-25(34)13-10-23)33(24,5)30(27)17-18-32(28,29)4/h9-13,21-22,26-31,34-35H,6-8,14-20H2,1-5H3/t22-,26-,27+,28-,29+,30+,31?,32-,33+/m1/s1. The first-order chi connectivity index (χ1) is 16.6. The number of fused-ring (bicyclic) bond motifs is 5. The molecule has 3 fully saturated rings. The van der Waals surface area contributed by atoms with Gasteiger partial charge in [0.25, 0.3) is 0 Å². The van der Waals surface area contributed by atoms with E-state index in [-0.39, 0.29) is 11.5 Å². The average molecular weight is 479 g/mol. The summed E-state index contributed by atoms with van der Waals surface area (Å²) in [6, 6.07) is 7.90. The van der Waals surface area contributed by atoms with E-state index in [1.165, 1.54) is 62.5 Å². The molecule has 0 saturated heterocycles. The molecular weight excluding hydrogens is 428 g/mol. The maximum Gasteiger partial charge on any atom is 0.115 e. The maximum absolute atomic E-state index is 10.8. The summed E-state index contributed by atoms with van der Waals surface area (Å²) < 4.78 is 0. The highest BCUT2D eigenvalue weighted by atomic mass is 16.3. The molecule has 0 amide bonds. The fraction of sp³-hybridized carbons (Fsp3) is 0.758. The van der Waals surface area contributed by atoms with Gasteiger partial charge in [0.1, 0.15) is 5.75 Å². The van der Waals surface area contributed by atoms with Gasteiger partial charge in [-0.1, -0.05) is 77.7 Å². The first-order valence-corrected chi connectivity index (χ1v) is 14.8. The number of phenolic OH excluding ortho intramolecular Hbond substituents is 1. The SMILES string of the molecule is CC(C)CCC[C@@H](C)[C@H]1CC[C@H]2[C@@H]3CC=C4C[C@@H](O)CC(c5ccc(O)cc5)[C@]4(C)[C@H]3CC[C@]12C. The maximum atomic E-state index is 10.8. The molecule has 0 aliphatic heterocycles. The third-order valence-electron chi connectivity index (χ3n) is 11.7. The van der Waals surface area contributed by atoms with Gasteiger partial charge in [-0.25, -0.2) is 0 Å². The smallest absolute Gasteiger partial charge is 0.115 e. The third kappa shape index (κ3) is 4.30. The highest BCUT2D eigenvalue weighted by Gasteiger charge is 2.61.